The summed E-state index contributed by atoms with van der Waals surface area (Å²) in [6.45, 7) is 0. The molecule has 3 rings (SSSR count). The van der Waals surface area contributed by atoms with Gasteiger partial charge in [0.2, 0.25) is 0 Å². The second-order valence-electron chi connectivity index (χ2n) is 5.17. The number of pyridine rings is 1. The first-order valence-electron chi connectivity index (χ1n) is 7.21. The summed E-state index contributed by atoms with van der Waals surface area (Å²) >= 11 is 1.08. The molecule has 10 heteroatoms. The van der Waals surface area contributed by atoms with Crippen LogP contribution in [0.25, 0.3) is 0 Å². The molecular formula is C16H12F3N3O2S2. The number of aromatic nitrogens is 1. The van der Waals surface area contributed by atoms with Crippen LogP contribution in [0.15, 0.2) is 64.3 Å². The monoisotopic (exact) mass is 399 g/mol. The summed E-state index contributed by atoms with van der Waals surface area (Å²) < 4.78 is 65.0. The Morgan fingerprint density at radius 1 is 1.00 bits per heavy atom. The molecule has 0 saturated carbocycles. The Labute approximate surface area is 151 Å². The first-order valence-corrected chi connectivity index (χ1v) is 9.57. The van der Waals surface area contributed by atoms with Crippen molar-refractivity contribution < 1.29 is 21.6 Å². The van der Waals surface area contributed by atoms with Crippen LogP contribution >= 0.6 is 11.3 Å². The van der Waals surface area contributed by atoms with Gasteiger partial charge in [-0.2, -0.15) is 13.2 Å². The van der Waals surface area contributed by atoms with Crippen molar-refractivity contribution in [1.29, 1.82) is 0 Å². The van der Waals surface area contributed by atoms with Gasteiger partial charge in [-0.3, -0.25) is 4.72 Å². The smallest absolute Gasteiger partial charge is 0.340 e. The summed E-state index contributed by atoms with van der Waals surface area (Å²) in [4.78, 5) is 4.02. The van der Waals surface area contributed by atoms with Crippen LogP contribution in [0.1, 0.15) is 5.56 Å². The van der Waals surface area contributed by atoms with E-state index in [4.69, 9.17) is 0 Å². The molecule has 136 valence electrons. The van der Waals surface area contributed by atoms with Crippen LogP contribution in [0.3, 0.4) is 0 Å². The largest absolute Gasteiger partial charge is 0.416 e. The first-order chi connectivity index (χ1) is 12.2. The van der Waals surface area contributed by atoms with Gasteiger partial charge in [0.05, 0.1) is 17.4 Å². The normalized spacial score (nSPS) is 12.0. The Balaban J connectivity index is 1.73. The molecule has 0 amide bonds. The molecule has 0 saturated heterocycles. The number of alkyl halides is 3. The van der Waals surface area contributed by atoms with E-state index >= 15 is 0 Å². The van der Waals surface area contributed by atoms with E-state index in [1.165, 1.54) is 36.5 Å². The predicted molar refractivity (Wildman–Crippen MR) is 94.1 cm³/mol. The van der Waals surface area contributed by atoms with Gasteiger partial charge in [0.15, 0.2) is 0 Å². The zero-order chi connectivity index (χ0) is 18.8. The molecule has 0 radical (unpaired) electrons. The van der Waals surface area contributed by atoms with Gasteiger partial charge in [-0.1, -0.05) is 12.1 Å². The Morgan fingerprint density at radius 3 is 2.42 bits per heavy atom. The quantitative estimate of drug-likeness (QED) is 0.652. The number of hydrogen-bond donors (Lipinski definition) is 2. The number of anilines is 3. The Morgan fingerprint density at radius 2 is 1.81 bits per heavy atom. The van der Waals surface area contributed by atoms with Crippen molar-refractivity contribution in [3.8, 4) is 0 Å². The van der Waals surface area contributed by atoms with E-state index in [0.29, 0.717) is 0 Å². The van der Waals surface area contributed by atoms with Crippen LogP contribution in [0.4, 0.5) is 30.4 Å². The molecule has 3 aromatic rings. The van der Waals surface area contributed by atoms with Gasteiger partial charge in [-0.05, 0) is 41.8 Å². The number of halogens is 3. The molecule has 0 atom stereocenters. The van der Waals surface area contributed by atoms with Crippen molar-refractivity contribution in [3.05, 3.63) is 65.7 Å². The van der Waals surface area contributed by atoms with Gasteiger partial charge in [0.1, 0.15) is 10.0 Å². The number of sulfonamides is 1. The predicted octanol–water partition coefficient (Wildman–Crippen LogP) is 4.71. The molecule has 2 aromatic heterocycles. The molecule has 26 heavy (non-hydrogen) atoms. The lowest BCUT2D eigenvalue weighted by Crippen LogP contribution is -2.11. The molecule has 0 aliphatic rings. The summed E-state index contributed by atoms with van der Waals surface area (Å²) in [5.74, 6) is 0.281. The Hall–Kier alpha value is -2.59. The van der Waals surface area contributed by atoms with Gasteiger partial charge < -0.3 is 5.32 Å². The lowest BCUT2D eigenvalue weighted by molar-refractivity contribution is -0.137. The van der Waals surface area contributed by atoms with Crippen molar-refractivity contribution in [2.75, 3.05) is 10.0 Å². The SMILES string of the molecule is O=S(=O)(Nc1ccc(Nc2cccc(C(F)(F)F)c2)nc1)c1cccs1. The van der Waals surface area contributed by atoms with E-state index in [9.17, 15) is 21.6 Å². The molecule has 0 unspecified atom stereocenters. The van der Waals surface area contributed by atoms with E-state index in [0.717, 1.165) is 23.5 Å². The van der Waals surface area contributed by atoms with Crippen LogP contribution in [0.2, 0.25) is 0 Å². The summed E-state index contributed by atoms with van der Waals surface area (Å²) in [5.41, 5.74) is -0.310. The number of nitrogens with zero attached hydrogens (tertiary/aromatic N) is 1. The van der Waals surface area contributed by atoms with E-state index in [1.54, 1.807) is 11.4 Å². The van der Waals surface area contributed by atoms with Gasteiger partial charge >= 0.3 is 6.18 Å². The summed E-state index contributed by atoms with van der Waals surface area (Å²) in [6, 6.07) is 10.7. The number of hydrogen-bond acceptors (Lipinski definition) is 5. The van der Waals surface area contributed by atoms with Crippen molar-refractivity contribution in [2.24, 2.45) is 0 Å². The minimum Gasteiger partial charge on any atom is -0.340 e. The fourth-order valence-corrected chi connectivity index (χ4v) is 4.11. The maximum absolute atomic E-state index is 12.7. The third-order valence-electron chi connectivity index (χ3n) is 3.24. The first kappa shape index (κ1) is 18.2. The standard InChI is InChI=1S/C16H12F3N3O2S2/c17-16(18,19)11-3-1-4-12(9-11)21-14-7-6-13(10-20-14)22-26(23,24)15-5-2-8-25-15/h1-10,22H,(H,20,21). The third kappa shape index (κ3) is 4.33. The molecular weight excluding hydrogens is 387 g/mol. The number of benzene rings is 1. The molecule has 0 aliphatic carbocycles. The van der Waals surface area contributed by atoms with Crippen molar-refractivity contribution in [1.82, 2.24) is 4.98 Å². The van der Waals surface area contributed by atoms with Crippen LogP contribution in [-0.4, -0.2) is 13.4 Å². The molecule has 0 fully saturated rings. The van der Waals surface area contributed by atoms with Crippen LogP contribution in [0, 0.1) is 0 Å². The summed E-state index contributed by atoms with van der Waals surface area (Å²) in [7, 11) is -3.68. The average Bonchev–Trinajstić information content (AvgIpc) is 3.11. The number of nitrogens with one attached hydrogen (secondary N) is 2. The molecule has 5 nitrogen and oxygen atoms in total. The van der Waals surface area contributed by atoms with E-state index in [1.807, 2.05) is 0 Å². The third-order valence-corrected chi connectivity index (χ3v) is 6.02. The molecule has 0 aliphatic heterocycles. The highest BCUT2D eigenvalue weighted by atomic mass is 32.2. The highest BCUT2D eigenvalue weighted by Crippen LogP contribution is 2.31. The second kappa shape index (κ2) is 6.96. The number of rotatable bonds is 5. The van der Waals surface area contributed by atoms with E-state index < -0.39 is 21.8 Å². The van der Waals surface area contributed by atoms with Crippen LogP contribution in [-0.2, 0) is 16.2 Å². The average molecular weight is 399 g/mol. The lowest BCUT2D eigenvalue weighted by atomic mass is 10.2. The fourth-order valence-electron chi connectivity index (χ4n) is 2.07. The van der Waals surface area contributed by atoms with Gasteiger partial charge in [-0.25, -0.2) is 13.4 Å². The molecule has 0 bridgehead atoms. The maximum Gasteiger partial charge on any atom is 0.416 e. The zero-order valence-electron chi connectivity index (χ0n) is 13.0. The van der Waals surface area contributed by atoms with Crippen molar-refractivity contribution >= 4 is 38.6 Å². The van der Waals surface area contributed by atoms with E-state index in [2.05, 4.69) is 15.0 Å². The highest BCUT2D eigenvalue weighted by molar-refractivity contribution is 7.94. The van der Waals surface area contributed by atoms with Crippen molar-refractivity contribution in [3.63, 3.8) is 0 Å². The summed E-state index contributed by atoms with van der Waals surface area (Å²) in [5, 5.41) is 4.40. The van der Waals surface area contributed by atoms with Gasteiger partial charge in [-0.15, -0.1) is 11.3 Å². The van der Waals surface area contributed by atoms with Crippen LogP contribution in [0.5, 0.6) is 0 Å². The van der Waals surface area contributed by atoms with Crippen molar-refractivity contribution in [2.45, 2.75) is 10.4 Å². The molecule has 0 spiro atoms. The Kier molecular flexibility index (Phi) is 4.88. The maximum atomic E-state index is 12.7. The minimum absolute atomic E-state index is 0.170. The topological polar surface area (TPSA) is 71.1 Å². The van der Waals surface area contributed by atoms with Crippen LogP contribution < -0.4 is 10.0 Å². The minimum atomic E-state index is -4.44. The Bertz CT molecular complexity index is 986. The molecule has 2 N–H and O–H groups in total. The summed E-state index contributed by atoms with van der Waals surface area (Å²) in [6.07, 6.45) is -3.16. The lowest BCUT2D eigenvalue weighted by Gasteiger charge is -2.11. The number of thiophene rings is 1. The second-order valence-corrected chi connectivity index (χ2v) is 8.03. The molecule has 1 aromatic carbocycles. The fraction of sp³-hybridized carbons (Fsp3) is 0.0625. The van der Waals surface area contributed by atoms with Gasteiger partial charge in [0.25, 0.3) is 10.0 Å². The van der Waals surface area contributed by atoms with Gasteiger partial charge in [0, 0.05) is 5.69 Å². The van der Waals surface area contributed by atoms with E-state index in [-0.39, 0.29) is 21.4 Å². The highest BCUT2D eigenvalue weighted by Gasteiger charge is 2.30. The zero-order valence-corrected chi connectivity index (χ0v) is 14.6. The molecule has 2 heterocycles.